The van der Waals surface area contributed by atoms with Crippen molar-refractivity contribution in [2.24, 2.45) is 0 Å². The van der Waals surface area contributed by atoms with Gasteiger partial charge in [0.05, 0.1) is 11.9 Å². The van der Waals surface area contributed by atoms with Gasteiger partial charge in [-0.15, -0.1) is 0 Å². The van der Waals surface area contributed by atoms with Gasteiger partial charge >= 0.3 is 0 Å². The second kappa shape index (κ2) is 6.55. The van der Waals surface area contributed by atoms with Crippen molar-refractivity contribution in [3.8, 4) is 0 Å². The number of halogens is 1. The Morgan fingerprint density at radius 3 is 2.48 bits per heavy atom. The third-order valence-electron chi connectivity index (χ3n) is 3.24. The van der Waals surface area contributed by atoms with Crippen molar-refractivity contribution in [2.75, 3.05) is 5.32 Å². The molecule has 0 spiro atoms. The third kappa shape index (κ3) is 3.70. The summed E-state index contributed by atoms with van der Waals surface area (Å²) in [6, 6.07) is 20.9. The fraction of sp³-hybridized carbons (Fsp3) is 0.0556. The number of nitrogens with zero attached hydrogens (tertiary/aromatic N) is 1. The fourth-order valence-electron chi connectivity index (χ4n) is 2.25. The number of pyridine rings is 1. The quantitative estimate of drug-likeness (QED) is 0.709. The van der Waals surface area contributed by atoms with Gasteiger partial charge in [-0.05, 0) is 45.6 Å². The standard InChI is InChI=1S/C18H15BrN2/c19-16-11-17(13-20-12-16)21-18-9-5-4-8-15(18)10-14-6-2-1-3-7-14/h1-9,11-13,21H,10H2. The smallest absolute Gasteiger partial charge is 0.0582 e. The van der Waals surface area contributed by atoms with Crippen molar-refractivity contribution < 1.29 is 0 Å². The van der Waals surface area contributed by atoms with Crippen molar-refractivity contribution in [2.45, 2.75) is 6.42 Å². The molecular formula is C18H15BrN2. The van der Waals surface area contributed by atoms with E-state index in [1.807, 2.05) is 24.4 Å². The molecule has 1 aromatic heterocycles. The van der Waals surface area contributed by atoms with Crippen LogP contribution in [0, 0.1) is 0 Å². The zero-order valence-electron chi connectivity index (χ0n) is 11.5. The van der Waals surface area contributed by atoms with E-state index in [9.17, 15) is 0 Å². The van der Waals surface area contributed by atoms with Gasteiger partial charge in [-0.1, -0.05) is 48.5 Å². The monoisotopic (exact) mass is 338 g/mol. The van der Waals surface area contributed by atoms with Gasteiger partial charge in [0.15, 0.2) is 0 Å². The maximum Gasteiger partial charge on any atom is 0.0582 e. The zero-order chi connectivity index (χ0) is 14.5. The largest absolute Gasteiger partial charge is 0.354 e. The maximum atomic E-state index is 4.18. The number of anilines is 2. The van der Waals surface area contributed by atoms with Crippen molar-refractivity contribution in [3.05, 3.63) is 88.7 Å². The van der Waals surface area contributed by atoms with E-state index in [-0.39, 0.29) is 0 Å². The van der Waals surface area contributed by atoms with Gasteiger partial charge in [0.2, 0.25) is 0 Å². The van der Waals surface area contributed by atoms with Gasteiger partial charge in [0.25, 0.3) is 0 Å². The lowest BCUT2D eigenvalue weighted by Crippen LogP contribution is -1.97. The Kier molecular flexibility index (Phi) is 4.31. The Hall–Kier alpha value is -2.13. The average molecular weight is 339 g/mol. The van der Waals surface area contributed by atoms with Crippen LogP contribution in [-0.2, 0) is 6.42 Å². The molecule has 0 aliphatic carbocycles. The molecule has 0 fully saturated rings. The van der Waals surface area contributed by atoms with Gasteiger partial charge < -0.3 is 5.32 Å². The van der Waals surface area contributed by atoms with E-state index < -0.39 is 0 Å². The lowest BCUT2D eigenvalue weighted by molar-refractivity contribution is 1.19. The van der Waals surface area contributed by atoms with Crippen molar-refractivity contribution in [1.29, 1.82) is 0 Å². The second-order valence-corrected chi connectivity index (χ2v) is 5.75. The molecule has 0 aliphatic heterocycles. The fourth-order valence-corrected chi connectivity index (χ4v) is 2.61. The van der Waals surface area contributed by atoms with Crippen molar-refractivity contribution in [1.82, 2.24) is 4.98 Å². The molecule has 21 heavy (non-hydrogen) atoms. The van der Waals surface area contributed by atoms with Gasteiger partial charge in [-0.3, -0.25) is 4.98 Å². The minimum Gasteiger partial charge on any atom is -0.354 e. The van der Waals surface area contributed by atoms with E-state index in [0.29, 0.717) is 0 Å². The highest BCUT2D eigenvalue weighted by atomic mass is 79.9. The first-order chi connectivity index (χ1) is 10.3. The Balaban J connectivity index is 1.86. The molecule has 2 aromatic carbocycles. The summed E-state index contributed by atoms with van der Waals surface area (Å²) in [6.07, 6.45) is 4.51. The van der Waals surface area contributed by atoms with Crippen LogP contribution in [0.1, 0.15) is 11.1 Å². The molecule has 1 N–H and O–H groups in total. The topological polar surface area (TPSA) is 24.9 Å². The number of para-hydroxylation sites is 1. The van der Waals surface area contributed by atoms with Crippen molar-refractivity contribution >= 4 is 27.3 Å². The summed E-state index contributed by atoms with van der Waals surface area (Å²) in [5.74, 6) is 0. The van der Waals surface area contributed by atoms with E-state index >= 15 is 0 Å². The number of rotatable bonds is 4. The van der Waals surface area contributed by atoms with Gasteiger partial charge in [-0.25, -0.2) is 0 Å². The Morgan fingerprint density at radius 1 is 0.905 bits per heavy atom. The first kappa shape index (κ1) is 13.8. The average Bonchev–Trinajstić information content (AvgIpc) is 2.50. The molecule has 0 bridgehead atoms. The lowest BCUT2D eigenvalue weighted by Gasteiger charge is -2.12. The minimum absolute atomic E-state index is 0.908. The highest BCUT2D eigenvalue weighted by Gasteiger charge is 2.04. The van der Waals surface area contributed by atoms with Gasteiger partial charge in [-0.2, -0.15) is 0 Å². The summed E-state index contributed by atoms with van der Waals surface area (Å²) in [5.41, 5.74) is 4.66. The summed E-state index contributed by atoms with van der Waals surface area (Å²) in [7, 11) is 0. The molecule has 2 nitrogen and oxygen atoms in total. The first-order valence-corrected chi connectivity index (χ1v) is 7.60. The summed E-state index contributed by atoms with van der Waals surface area (Å²) in [5, 5.41) is 3.44. The Bertz CT molecular complexity index is 726. The molecule has 0 radical (unpaired) electrons. The highest BCUT2D eigenvalue weighted by molar-refractivity contribution is 9.10. The molecule has 104 valence electrons. The summed E-state index contributed by atoms with van der Waals surface area (Å²) in [6.45, 7) is 0. The first-order valence-electron chi connectivity index (χ1n) is 6.81. The second-order valence-electron chi connectivity index (χ2n) is 4.84. The predicted octanol–water partition coefficient (Wildman–Crippen LogP) is 5.18. The maximum absolute atomic E-state index is 4.18. The Labute approximate surface area is 133 Å². The molecule has 0 amide bonds. The summed E-state index contributed by atoms with van der Waals surface area (Å²) < 4.78 is 0.966. The number of nitrogens with one attached hydrogen (secondary N) is 1. The molecule has 0 saturated heterocycles. The van der Waals surface area contributed by atoms with E-state index in [1.165, 1.54) is 11.1 Å². The van der Waals surface area contributed by atoms with E-state index in [2.05, 4.69) is 68.7 Å². The number of aromatic nitrogens is 1. The van der Waals surface area contributed by atoms with E-state index in [4.69, 9.17) is 0 Å². The van der Waals surface area contributed by atoms with Gasteiger partial charge in [0, 0.05) is 16.4 Å². The number of hydrogen-bond donors (Lipinski definition) is 1. The predicted molar refractivity (Wildman–Crippen MR) is 90.9 cm³/mol. The van der Waals surface area contributed by atoms with Crippen LogP contribution >= 0.6 is 15.9 Å². The molecule has 0 atom stereocenters. The Morgan fingerprint density at radius 2 is 1.67 bits per heavy atom. The van der Waals surface area contributed by atoms with Crippen LogP contribution in [0.25, 0.3) is 0 Å². The number of hydrogen-bond acceptors (Lipinski definition) is 2. The molecule has 3 aromatic rings. The molecule has 0 saturated carbocycles. The minimum atomic E-state index is 0.908. The molecular weight excluding hydrogens is 324 g/mol. The normalized spacial score (nSPS) is 10.3. The van der Waals surface area contributed by atoms with Crippen molar-refractivity contribution in [3.63, 3.8) is 0 Å². The zero-order valence-corrected chi connectivity index (χ0v) is 13.0. The highest BCUT2D eigenvalue weighted by Crippen LogP contribution is 2.24. The summed E-state index contributed by atoms with van der Waals surface area (Å²) >= 11 is 3.45. The van der Waals surface area contributed by atoms with Crippen LogP contribution in [0.2, 0.25) is 0 Å². The van der Waals surface area contributed by atoms with Crippen LogP contribution < -0.4 is 5.32 Å². The van der Waals surface area contributed by atoms with E-state index in [1.54, 1.807) is 6.20 Å². The van der Waals surface area contributed by atoms with Crippen LogP contribution in [0.15, 0.2) is 77.5 Å². The number of benzene rings is 2. The molecule has 1 heterocycles. The SMILES string of the molecule is Brc1cncc(Nc2ccccc2Cc2ccccc2)c1. The molecule has 0 aliphatic rings. The molecule has 3 heteroatoms. The third-order valence-corrected chi connectivity index (χ3v) is 3.67. The summed E-state index contributed by atoms with van der Waals surface area (Å²) in [4.78, 5) is 4.18. The van der Waals surface area contributed by atoms with Gasteiger partial charge in [0.1, 0.15) is 0 Å². The molecule has 0 unspecified atom stereocenters. The lowest BCUT2D eigenvalue weighted by atomic mass is 10.0. The van der Waals surface area contributed by atoms with Crippen LogP contribution in [-0.4, -0.2) is 4.98 Å². The van der Waals surface area contributed by atoms with Crippen LogP contribution in [0.4, 0.5) is 11.4 Å². The van der Waals surface area contributed by atoms with Crippen LogP contribution in [0.3, 0.4) is 0 Å². The van der Waals surface area contributed by atoms with E-state index in [0.717, 1.165) is 22.3 Å². The molecule has 3 rings (SSSR count). The van der Waals surface area contributed by atoms with Crippen LogP contribution in [0.5, 0.6) is 0 Å².